The van der Waals surface area contributed by atoms with Crippen molar-refractivity contribution in [3.8, 4) is 11.5 Å². The number of benzene rings is 2. The van der Waals surface area contributed by atoms with E-state index in [1.165, 1.54) is 24.0 Å². The van der Waals surface area contributed by atoms with E-state index in [-0.39, 0.29) is 0 Å². The summed E-state index contributed by atoms with van der Waals surface area (Å²) in [5.74, 6) is 1.61. The van der Waals surface area contributed by atoms with Gasteiger partial charge in [0.15, 0.2) is 11.5 Å². The Balaban J connectivity index is 1.75. The second kappa shape index (κ2) is 7.91. The van der Waals surface area contributed by atoms with Crippen LogP contribution < -0.4 is 9.47 Å². The van der Waals surface area contributed by atoms with Gasteiger partial charge in [0.1, 0.15) is 0 Å². The highest BCUT2D eigenvalue weighted by molar-refractivity contribution is 6.30. The molecule has 3 rings (SSSR count). The number of methoxy groups -OCH3 is 1. The van der Waals surface area contributed by atoms with E-state index in [0.717, 1.165) is 29.6 Å². The normalized spacial score (nSPS) is 17.9. The summed E-state index contributed by atoms with van der Waals surface area (Å²) in [4.78, 5) is 2.53. The summed E-state index contributed by atoms with van der Waals surface area (Å²) in [6, 6.07) is 14.9. The number of hydrogen-bond acceptors (Lipinski definition) is 3. The Hall–Kier alpha value is -1.71. The Kier molecular flexibility index (Phi) is 5.64. The molecule has 128 valence electrons. The molecule has 2 aromatic carbocycles. The maximum absolute atomic E-state index is 6.02. The molecular formula is C20H24ClNO2. The Labute approximate surface area is 149 Å². The Morgan fingerprint density at radius 3 is 2.62 bits per heavy atom. The third kappa shape index (κ3) is 3.85. The summed E-state index contributed by atoms with van der Waals surface area (Å²) in [7, 11) is 1.69. The highest BCUT2D eigenvalue weighted by atomic mass is 35.5. The Morgan fingerprint density at radius 2 is 1.92 bits per heavy atom. The molecule has 0 aromatic heterocycles. The fourth-order valence-electron chi connectivity index (χ4n) is 3.40. The molecule has 4 heteroatoms. The molecule has 0 unspecified atom stereocenters. The lowest BCUT2D eigenvalue weighted by molar-refractivity contribution is 0.247. The van der Waals surface area contributed by atoms with Crippen LogP contribution in [0.15, 0.2) is 42.5 Å². The zero-order valence-corrected chi connectivity index (χ0v) is 15.1. The minimum Gasteiger partial charge on any atom is -0.493 e. The van der Waals surface area contributed by atoms with E-state index in [1.807, 2.05) is 25.1 Å². The largest absolute Gasteiger partial charge is 0.493 e. The van der Waals surface area contributed by atoms with Crippen molar-refractivity contribution >= 4 is 11.6 Å². The number of hydrogen-bond donors (Lipinski definition) is 0. The van der Waals surface area contributed by atoms with Crippen molar-refractivity contribution in [1.82, 2.24) is 4.90 Å². The van der Waals surface area contributed by atoms with E-state index < -0.39 is 0 Å². The number of nitrogens with zero attached hydrogens (tertiary/aromatic N) is 1. The average Bonchev–Trinajstić information content (AvgIpc) is 3.05. The van der Waals surface area contributed by atoms with Crippen LogP contribution in [0.1, 0.15) is 36.9 Å². The molecule has 24 heavy (non-hydrogen) atoms. The average molecular weight is 346 g/mol. The van der Waals surface area contributed by atoms with Crippen LogP contribution in [-0.2, 0) is 6.54 Å². The van der Waals surface area contributed by atoms with E-state index in [4.69, 9.17) is 21.1 Å². The highest BCUT2D eigenvalue weighted by Gasteiger charge is 2.26. The lowest BCUT2D eigenvalue weighted by Gasteiger charge is -2.25. The van der Waals surface area contributed by atoms with E-state index in [9.17, 15) is 0 Å². The predicted molar refractivity (Wildman–Crippen MR) is 98.0 cm³/mol. The van der Waals surface area contributed by atoms with Crippen LogP contribution in [-0.4, -0.2) is 25.2 Å². The van der Waals surface area contributed by atoms with Crippen LogP contribution in [0.3, 0.4) is 0 Å². The number of ether oxygens (including phenoxy) is 2. The number of rotatable bonds is 6. The second-order valence-electron chi connectivity index (χ2n) is 6.10. The molecule has 1 atom stereocenters. The van der Waals surface area contributed by atoms with E-state index in [0.29, 0.717) is 12.6 Å². The summed E-state index contributed by atoms with van der Waals surface area (Å²) >= 11 is 6.02. The van der Waals surface area contributed by atoms with Gasteiger partial charge in [-0.15, -0.1) is 0 Å². The van der Waals surface area contributed by atoms with Crippen molar-refractivity contribution in [1.29, 1.82) is 0 Å². The lowest BCUT2D eigenvalue weighted by atomic mass is 10.0. The first kappa shape index (κ1) is 17.1. The topological polar surface area (TPSA) is 21.7 Å². The van der Waals surface area contributed by atoms with Gasteiger partial charge in [-0.25, -0.2) is 0 Å². The summed E-state index contributed by atoms with van der Waals surface area (Å²) in [6.07, 6.45) is 2.41. The van der Waals surface area contributed by atoms with Crippen molar-refractivity contribution in [3.05, 3.63) is 58.6 Å². The Bertz CT molecular complexity index is 672. The van der Waals surface area contributed by atoms with Gasteiger partial charge in [0, 0.05) is 17.6 Å². The van der Waals surface area contributed by atoms with Crippen LogP contribution >= 0.6 is 11.6 Å². The van der Waals surface area contributed by atoms with Crippen molar-refractivity contribution in [2.45, 2.75) is 32.4 Å². The van der Waals surface area contributed by atoms with Crippen molar-refractivity contribution in [2.24, 2.45) is 0 Å². The maximum Gasteiger partial charge on any atom is 0.161 e. The molecule has 1 heterocycles. The first-order valence-electron chi connectivity index (χ1n) is 8.50. The van der Waals surface area contributed by atoms with E-state index in [2.05, 4.69) is 29.2 Å². The molecule has 3 nitrogen and oxygen atoms in total. The minimum absolute atomic E-state index is 0.458. The van der Waals surface area contributed by atoms with Gasteiger partial charge in [0.25, 0.3) is 0 Å². The van der Waals surface area contributed by atoms with E-state index in [1.54, 1.807) is 7.11 Å². The maximum atomic E-state index is 6.02. The molecule has 1 fully saturated rings. The third-order valence-electron chi connectivity index (χ3n) is 4.53. The highest BCUT2D eigenvalue weighted by Crippen LogP contribution is 2.35. The van der Waals surface area contributed by atoms with Crippen LogP contribution in [0.25, 0.3) is 0 Å². The molecule has 1 saturated heterocycles. The number of halogens is 1. The van der Waals surface area contributed by atoms with Crippen LogP contribution in [0.4, 0.5) is 0 Å². The molecule has 0 radical (unpaired) electrons. The molecule has 0 N–H and O–H groups in total. The predicted octanol–water partition coefficient (Wildman–Crippen LogP) is 5.08. The molecule has 0 spiro atoms. The van der Waals surface area contributed by atoms with Gasteiger partial charge in [-0.3, -0.25) is 4.90 Å². The third-order valence-corrected chi connectivity index (χ3v) is 4.78. The first-order valence-corrected chi connectivity index (χ1v) is 8.88. The monoisotopic (exact) mass is 345 g/mol. The molecule has 0 bridgehead atoms. The fraction of sp³-hybridized carbons (Fsp3) is 0.400. The van der Waals surface area contributed by atoms with Gasteiger partial charge >= 0.3 is 0 Å². The smallest absolute Gasteiger partial charge is 0.161 e. The summed E-state index contributed by atoms with van der Waals surface area (Å²) in [5, 5.41) is 0.791. The van der Waals surface area contributed by atoms with Crippen LogP contribution in [0, 0.1) is 0 Å². The van der Waals surface area contributed by atoms with Gasteiger partial charge in [-0.05, 0) is 61.7 Å². The number of likely N-dealkylation sites (tertiary alicyclic amines) is 1. The van der Waals surface area contributed by atoms with Crippen molar-refractivity contribution < 1.29 is 9.47 Å². The molecule has 1 aliphatic rings. The lowest BCUT2D eigenvalue weighted by Crippen LogP contribution is -2.22. The summed E-state index contributed by atoms with van der Waals surface area (Å²) in [6.45, 7) is 4.65. The van der Waals surface area contributed by atoms with Gasteiger partial charge in [-0.2, -0.15) is 0 Å². The van der Waals surface area contributed by atoms with Gasteiger partial charge in [0.05, 0.1) is 13.7 Å². The zero-order valence-electron chi connectivity index (χ0n) is 14.3. The molecule has 0 amide bonds. The van der Waals surface area contributed by atoms with Gasteiger partial charge in [-0.1, -0.05) is 29.8 Å². The first-order chi connectivity index (χ1) is 11.7. The molecule has 2 aromatic rings. The van der Waals surface area contributed by atoms with E-state index >= 15 is 0 Å². The fourth-order valence-corrected chi connectivity index (χ4v) is 3.52. The second-order valence-corrected chi connectivity index (χ2v) is 6.53. The molecule has 1 aliphatic heterocycles. The standard InChI is InChI=1S/C20H24ClNO2/c1-3-24-19-11-6-15(13-20(19)23-2)14-22-12-4-5-18(22)16-7-9-17(21)10-8-16/h6-11,13,18H,3-5,12,14H2,1-2H3/t18-/m0/s1. The van der Waals surface area contributed by atoms with Crippen molar-refractivity contribution in [3.63, 3.8) is 0 Å². The van der Waals surface area contributed by atoms with Gasteiger partial charge < -0.3 is 9.47 Å². The SMILES string of the molecule is CCOc1ccc(CN2CCC[C@H]2c2ccc(Cl)cc2)cc1OC. The summed E-state index contributed by atoms with van der Waals surface area (Å²) in [5.41, 5.74) is 2.59. The zero-order chi connectivity index (χ0) is 16.9. The quantitative estimate of drug-likeness (QED) is 0.728. The van der Waals surface area contributed by atoms with Crippen LogP contribution in [0.2, 0.25) is 5.02 Å². The molecule has 0 aliphatic carbocycles. The van der Waals surface area contributed by atoms with Gasteiger partial charge in [0.2, 0.25) is 0 Å². The molecular weight excluding hydrogens is 322 g/mol. The van der Waals surface area contributed by atoms with Crippen LogP contribution in [0.5, 0.6) is 11.5 Å². The summed E-state index contributed by atoms with van der Waals surface area (Å²) < 4.78 is 11.1. The van der Waals surface area contributed by atoms with Crippen molar-refractivity contribution in [2.75, 3.05) is 20.3 Å². The minimum atomic E-state index is 0.458. The molecule has 0 saturated carbocycles. The Morgan fingerprint density at radius 1 is 1.12 bits per heavy atom.